The lowest BCUT2D eigenvalue weighted by atomic mass is 9.67. The van der Waals surface area contributed by atoms with Crippen LogP contribution in [0.15, 0.2) is 17.7 Å². The maximum atomic E-state index is 13.2. The molecule has 3 aliphatic rings. The van der Waals surface area contributed by atoms with Crippen LogP contribution in [-0.2, 0) is 6.42 Å². The van der Waals surface area contributed by atoms with E-state index in [1.807, 2.05) is 4.90 Å². The van der Waals surface area contributed by atoms with E-state index in [-0.39, 0.29) is 29.2 Å². The summed E-state index contributed by atoms with van der Waals surface area (Å²) in [4.78, 5) is 15.1. The van der Waals surface area contributed by atoms with Crippen LogP contribution in [0.2, 0.25) is 0 Å². The van der Waals surface area contributed by atoms with E-state index in [1.54, 1.807) is 0 Å². The number of fused-ring (bicyclic) bond motifs is 3. The summed E-state index contributed by atoms with van der Waals surface area (Å²) in [7, 11) is 0. The maximum absolute atomic E-state index is 13.2. The number of unbranched alkanes of at least 4 members (excludes halogenated alkanes) is 2. The summed E-state index contributed by atoms with van der Waals surface area (Å²) in [5.74, 6) is 1.31. The first kappa shape index (κ1) is 20.3. The summed E-state index contributed by atoms with van der Waals surface area (Å²) >= 11 is 0. The Labute approximate surface area is 174 Å². The fraction of sp³-hybridized carbons (Fsp3) is 0.640. The third kappa shape index (κ3) is 3.55. The van der Waals surface area contributed by atoms with Crippen LogP contribution in [0.3, 0.4) is 0 Å². The molecule has 1 N–H and O–H groups in total. The molecule has 0 radical (unpaired) electrons. The van der Waals surface area contributed by atoms with Crippen molar-refractivity contribution in [1.82, 2.24) is 4.90 Å². The van der Waals surface area contributed by atoms with Crippen LogP contribution >= 0.6 is 0 Å². The average molecular weight is 398 g/mol. The molecule has 0 bridgehead atoms. The Hall–Kier alpha value is -1.97. The quantitative estimate of drug-likeness (QED) is 0.401. The van der Waals surface area contributed by atoms with Gasteiger partial charge in [-0.2, -0.15) is 0 Å². The van der Waals surface area contributed by atoms with E-state index in [9.17, 15) is 9.90 Å². The van der Waals surface area contributed by atoms with Crippen molar-refractivity contribution < 1.29 is 14.6 Å². The van der Waals surface area contributed by atoms with Crippen molar-refractivity contribution in [3.8, 4) is 11.5 Å². The first-order chi connectivity index (χ1) is 13.7. The van der Waals surface area contributed by atoms with Crippen LogP contribution in [0, 0.1) is 5.92 Å². The van der Waals surface area contributed by atoms with Gasteiger partial charge in [0.25, 0.3) is 5.91 Å². The first-order valence-corrected chi connectivity index (χ1v) is 11.3. The van der Waals surface area contributed by atoms with Gasteiger partial charge in [-0.25, -0.2) is 0 Å². The van der Waals surface area contributed by atoms with Gasteiger partial charge in [0.15, 0.2) is 0 Å². The molecule has 4 heteroatoms. The third-order valence-electron chi connectivity index (χ3n) is 7.11. The fourth-order valence-corrected chi connectivity index (χ4v) is 5.28. The highest BCUT2D eigenvalue weighted by Gasteiger charge is 2.47. The molecule has 1 fully saturated rings. The van der Waals surface area contributed by atoms with E-state index in [1.165, 1.54) is 5.57 Å². The molecule has 4 rings (SSSR count). The molecule has 3 atom stereocenters. The minimum Gasteiger partial charge on any atom is -0.507 e. The van der Waals surface area contributed by atoms with Crippen molar-refractivity contribution >= 4 is 5.91 Å². The SMILES string of the molecule is CCCCCc1cc2c(c(O)c1C(=O)N1C[C@@H]1C)C1C=C(C)CCC1C(C)(C)O2. The van der Waals surface area contributed by atoms with Gasteiger partial charge in [-0.05, 0) is 65.0 Å². The second-order valence-electron chi connectivity index (χ2n) is 9.82. The Bertz CT molecular complexity index is 854. The third-order valence-corrected chi connectivity index (χ3v) is 7.11. The monoisotopic (exact) mass is 397 g/mol. The Morgan fingerprint density at radius 1 is 1.34 bits per heavy atom. The van der Waals surface area contributed by atoms with Gasteiger partial charge in [0, 0.05) is 30.0 Å². The van der Waals surface area contributed by atoms with Crippen molar-refractivity contribution in [2.45, 2.75) is 90.7 Å². The van der Waals surface area contributed by atoms with Crippen molar-refractivity contribution in [3.63, 3.8) is 0 Å². The second kappa shape index (κ2) is 7.37. The summed E-state index contributed by atoms with van der Waals surface area (Å²) in [5.41, 5.74) is 3.34. The minimum absolute atomic E-state index is 0.0257. The standard InChI is InChI=1S/C25H35NO3/c1-6-7-8-9-17-13-20-22(23(27)21(17)24(28)26-14-16(26)3)18-12-15(2)10-11-19(18)25(4,5)29-20/h12-13,16,18-19,27H,6-11,14H2,1-5H3/t16-,18?,19?,26?/m0/s1. The van der Waals surface area contributed by atoms with E-state index in [4.69, 9.17) is 4.74 Å². The molecule has 1 amide bonds. The van der Waals surface area contributed by atoms with Gasteiger partial charge in [0.05, 0.1) is 5.56 Å². The molecule has 2 unspecified atom stereocenters. The number of phenols is 1. The second-order valence-corrected chi connectivity index (χ2v) is 9.82. The summed E-state index contributed by atoms with van der Waals surface area (Å²) in [6.07, 6.45) is 8.46. The molecule has 2 heterocycles. The normalized spacial score (nSPS) is 26.9. The number of phenolic OH excluding ortho intramolecular Hbond substituents is 1. The van der Waals surface area contributed by atoms with Crippen LogP contribution in [-0.4, -0.2) is 34.1 Å². The topological polar surface area (TPSA) is 49.5 Å². The zero-order chi connectivity index (χ0) is 20.9. The van der Waals surface area contributed by atoms with Crippen LogP contribution in [0.4, 0.5) is 0 Å². The number of nitrogens with zero attached hydrogens (tertiary/aromatic N) is 1. The number of benzene rings is 1. The van der Waals surface area contributed by atoms with Crippen molar-refractivity contribution in [3.05, 3.63) is 34.4 Å². The zero-order valence-corrected chi connectivity index (χ0v) is 18.5. The molecule has 158 valence electrons. The molecule has 2 aliphatic heterocycles. The van der Waals surface area contributed by atoms with Gasteiger partial charge in [-0.3, -0.25) is 4.79 Å². The number of aromatic hydroxyl groups is 1. The summed E-state index contributed by atoms with van der Waals surface area (Å²) in [6.45, 7) is 11.5. The molecule has 0 aromatic heterocycles. The molecule has 4 nitrogen and oxygen atoms in total. The summed E-state index contributed by atoms with van der Waals surface area (Å²) in [5, 5.41) is 11.4. The Morgan fingerprint density at radius 2 is 2.07 bits per heavy atom. The molecular formula is C25H35NO3. The predicted octanol–water partition coefficient (Wildman–Crippen LogP) is 5.58. The molecule has 1 aliphatic carbocycles. The molecule has 1 aromatic carbocycles. The lowest BCUT2D eigenvalue weighted by Gasteiger charge is -2.46. The predicted molar refractivity (Wildman–Crippen MR) is 116 cm³/mol. The lowest BCUT2D eigenvalue weighted by molar-refractivity contribution is 0.0106. The molecule has 1 saturated heterocycles. The molecule has 0 spiro atoms. The number of carbonyl (C=O) groups is 1. The van der Waals surface area contributed by atoms with Crippen molar-refractivity contribution in [2.75, 3.05) is 6.54 Å². The number of hydrogen-bond acceptors (Lipinski definition) is 3. The van der Waals surface area contributed by atoms with Crippen LogP contribution < -0.4 is 4.74 Å². The minimum atomic E-state index is -0.290. The highest BCUT2D eigenvalue weighted by molar-refractivity contribution is 6.01. The summed E-state index contributed by atoms with van der Waals surface area (Å²) in [6, 6.07) is 2.32. The van der Waals surface area contributed by atoms with E-state index < -0.39 is 0 Å². The van der Waals surface area contributed by atoms with Gasteiger partial charge >= 0.3 is 0 Å². The number of rotatable bonds is 5. The number of carbonyl (C=O) groups excluding carboxylic acids is 1. The van der Waals surface area contributed by atoms with Crippen LogP contribution in [0.1, 0.15) is 94.1 Å². The number of hydrogen-bond donors (Lipinski definition) is 1. The number of ether oxygens (including phenoxy) is 1. The largest absolute Gasteiger partial charge is 0.507 e. The van der Waals surface area contributed by atoms with Gasteiger partial charge in [-0.15, -0.1) is 0 Å². The van der Waals surface area contributed by atoms with Gasteiger partial charge < -0.3 is 14.7 Å². The molecule has 1 aromatic rings. The van der Waals surface area contributed by atoms with Crippen molar-refractivity contribution in [2.24, 2.45) is 5.92 Å². The van der Waals surface area contributed by atoms with Gasteiger partial charge in [0.1, 0.15) is 17.1 Å². The van der Waals surface area contributed by atoms with Crippen molar-refractivity contribution in [1.29, 1.82) is 0 Å². The van der Waals surface area contributed by atoms with E-state index in [0.29, 0.717) is 11.5 Å². The fourth-order valence-electron chi connectivity index (χ4n) is 5.28. The van der Waals surface area contributed by atoms with E-state index in [2.05, 4.69) is 46.8 Å². The number of aryl methyl sites for hydroxylation is 1. The Morgan fingerprint density at radius 3 is 2.72 bits per heavy atom. The molecule has 29 heavy (non-hydrogen) atoms. The van der Waals surface area contributed by atoms with Gasteiger partial charge in [-0.1, -0.05) is 31.4 Å². The Kier molecular flexibility index (Phi) is 5.16. The first-order valence-electron chi connectivity index (χ1n) is 11.3. The summed E-state index contributed by atoms with van der Waals surface area (Å²) < 4.78 is 6.47. The smallest absolute Gasteiger partial charge is 0.258 e. The number of amides is 1. The highest BCUT2D eigenvalue weighted by atomic mass is 16.5. The lowest BCUT2D eigenvalue weighted by Crippen LogP contribution is -2.45. The van der Waals surface area contributed by atoms with Crippen LogP contribution in [0.25, 0.3) is 0 Å². The van der Waals surface area contributed by atoms with E-state index in [0.717, 1.165) is 61.9 Å². The molecule has 0 saturated carbocycles. The number of allylic oxidation sites excluding steroid dienone is 2. The van der Waals surface area contributed by atoms with Gasteiger partial charge in [0.2, 0.25) is 0 Å². The zero-order valence-electron chi connectivity index (χ0n) is 18.5. The maximum Gasteiger partial charge on any atom is 0.258 e. The molecular weight excluding hydrogens is 362 g/mol. The Balaban J connectivity index is 1.85. The van der Waals surface area contributed by atoms with Crippen LogP contribution in [0.5, 0.6) is 11.5 Å². The average Bonchev–Trinajstić information content (AvgIpc) is 3.37. The van der Waals surface area contributed by atoms with E-state index >= 15 is 0 Å². The highest BCUT2D eigenvalue weighted by Crippen LogP contribution is 2.54.